The Morgan fingerprint density at radius 1 is 0.875 bits per heavy atom. The first-order valence-corrected chi connectivity index (χ1v) is 11.0. The molecule has 4 heteroatoms. The van der Waals surface area contributed by atoms with Crippen molar-refractivity contribution in [3.05, 3.63) is 64.7 Å². The van der Waals surface area contributed by atoms with Gasteiger partial charge in [0.05, 0.1) is 5.56 Å². The highest BCUT2D eigenvalue weighted by Gasteiger charge is 2.36. The first-order valence-electron chi connectivity index (χ1n) is 11.0. The lowest BCUT2D eigenvalue weighted by Gasteiger charge is -2.41. The highest BCUT2D eigenvalue weighted by atomic mass is 16.6. The van der Waals surface area contributed by atoms with E-state index in [1.165, 1.54) is 11.1 Å². The molecule has 4 nitrogen and oxygen atoms in total. The highest BCUT2D eigenvalue weighted by Crippen LogP contribution is 2.45. The summed E-state index contributed by atoms with van der Waals surface area (Å²) in [4.78, 5) is 24.3. The van der Waals surface area contributed by atoms with Gasteiger partial charge in [0.1, 0.15) is 11.4 Å². The molecule has 0 atom stereocenters. The van der Waals surface area contributed by atoms with Gasteiger partial charge in [-0.15, -0.1) is 0 Å². The summed E-state index contributed by atoms with van der Waals surface area (Å²) < 4.78 is 10.6. The quantitative estimate of drug-likeness (QED) is 0.334. The maximum atomic E-state index is 12.2. The molecule has 2 aromatic carbocycles. The molecule has 168 valence electrons. The first kappa shape index (κ1) is 23.6. The van der Waals surface area contributed by atoms with Crippen LogP contribution in [0.4, 0.5) is 0 Å². The number of carbonyl (C=O) groups excluding carboxylic acids is 2. The van der Waals surface area contributed by atoms with Crippen LogP contribution in [0.1, 0.15) is 88.4 Å². The van der Waals surface area contributed by atoms with Crippen LogP contribution in [0.5, 0.6) is 5.75 Å². The lowest BCUT2D eigenvalue weighted by Crippen LogP contribution is -2.33. The van der Waals surface area contributed by atoms with Gasteiger partial charge in [0.25, 0.3) is 0 Å². The van der Waals surface area contributed by atoms with Crippen LogP contribution in [0.15, 0.2) is 42.5 Å². The number of hydrogen-bond acceptors (Lipinski definition) is 4. The Balaban J connectivity index is 1.71. The second-order valence-electron chi connectivity index (χ2n) is 10.7. The number of benzene rings is 2. The molecular formula is C28H32O4. The zero-order chi connectivity index (χ0) is 23.7. The number of ether oxygens (including phenoxy) is 2. The fourth-order valence-electron chi connectivity index (χ4n) is 3.92. The second kappa shape index (κ2) is 8.47. The lowest BCUT2D eigenvalue weighted by atomic mass is 9.63. The van der Waals surface area contributed by atoms with Crippen molar-refractivity contribution in [3.63, 3.8) is 0 Å². The Bertz CT molecular complexity index is 1090. The molecule has 0 saturated carbocycles. The number of hydrogen-bond donors (Lipinski definition) is 0. The molecule has 0 heterocycles. The van der Waals surface area contributed by atoms with Gasteiger partial charge >= 0.3 is 11.9 Å². The van der Waals surface area contributed by atoms with Crippen LogP contribution in [0.3, 0.4) is 0 Å². The van der Waals surface area contributed by atoms with Gasteiger partial charge in [0, 0.05) is 11.5 Å². The van der Waals surface area contributed by atoms with Gasteiger partial charge < -0.3 is 9.47 Å². The van der Waals surface area contributed by atoms with Crippen LogP contribution in [0.25, 0.3) is 0 Å². The lowest BCUT2D eigenvalue weighted by molar-refractivity contribution is -0.128. The Morgan fingerprint density at radius 3 is 2.06 bits per heavy atom. The molecule has 0 unspecified atom stereocenters. The molecule has 0 radical (unpaired) electrons. The summed E-state index contributed by atoms with van der Waals surface area (Å²) in [6.45, 7) is 14.5. The minimum Gasteiger partial charge on any atom is -0.456 e. The Labute approximate surface area is 191 Å². The minimum atomic E-state index is -0.646. The summed E-state index contributed by atoms with van der Waals surface area (Å²) in [6, 6.07) is 12.5. The van der Waals surface area contributed by atoms with Crippen molar-refractivity contribution in [2.24, 2.45) is 0 Å². The van der Waals surface area contributed by atoms with Crippen LogP contribution < -0.4 is 4.74 Å². The average molecular weight is 433 g/mol. The molecule has 2 aromatic rings. The summed E-state index contributed by atoms with van der Waals surface area (Å²) in [5.41, 5.74) is 3.50. The van der Waals surface area contributed by atoms with E-state index in [9.17, 15) is 9.59 Å². The largest absolute Gasteiger partial charge is 0.456 e. The SMILES string of the molecule is CC(C)(C)OC(=O)c1ccc(OC(=O)C#Cc2ccc3c(c2)C(C)(C)CCC3(C)C)cc1. The third-order valence-corrected chi connectivity index (χ3v) is 5.86. The van der Waals surface area contributed by atoms with Crippen LogP contribution in [0.2, 0.25) is 0 Å². The molecule has 0 bridgehead atoms. The summed E-state index contributed by atoms with van der Waals surface area (Å²) in [5.74, 6) is 4.76. The van der Waals surface area contributed by atoms with E-state index >= 15 is 0 Å². The maximum Gasteiger partial charge on any atom is 0.390 e. The van der Waals surface area contributed by atoms with Gasteiger partial charge in [-0.05, 0) is 92.0 Å². The van der Waals surface area contributed by atoms with Crippen molar-refractivity contribution in [3.8, 4) is 17.6 Å². The molecule has 1 aliphatic rings. The monoisotopic (exact) mass is 432 g/mol. The van der Waals surface area contributed by atoms with E-state index in [0.29, 0.717) is 11.3 Å². The summed E-state index contributed by atoms with van der Waals surface area (Å²) in [5, 5.41) is 0. The third-order valence-electron chi connectivity index (χ3n) is 5.86. The number of rotatable bonds is 2. The molecule has 1 aliphatic carbocycles. The van der Waals surface area contributed by atoms with E-state index in [1.807, 2.05) is 26.8 Å². The van der Waals surface area contributed by atoms with Gasteiger partial charge in [-0.2, -0.15) is 0 Å². The van der Waals surface area contributed by atoms with Gasteiger partial charge in [0.2, 0.25) is 0 Å². The van der Waals surface area contributed by atoms with Crippen LogP contribution >= 0.6 is 0 Å². The Hall–Kier alpha value is -3.06. The van der Waals surface area contributed by atoms with E-state index in [-0.39, 0.29) is 10.8 Å². The maximum absolute atomic E-state index is 12.2. The minimum absolute atomic E-state index is 0.0823. The molecule has 0 saturated heterocycles. The zero-order valence-corrected chi connectivity index (χ0v) is 20.1. The van der Waals surface area contributed by atoms with E-state index in [2.05, 4.69) is 51.7 Å². The number of fused-ring (bicyclic) bond motifs is 1. The predicted molar refractivity (Wildman–Crippen MR) is 126 cm³/mol. The first-order chi connectivity index (χ1) is 14.8. The van der Waals surface area contributed by atoms with Gasteiger partial charge in [-0.3, -0.25) is 0 Å². The van der Waals surface area contributed by atoms with Crippen molar-refractivity contribution in [2.45, 2.75) is 77.7 Å². The van der Waals surface area contributed by atoms with E-state index < -0.39 is 17.5 Å². The summed E-state index contributed by atoms with van der Waals surface area (Å²) in [7, 11) is 0. The molecule has 32 heavy (non-hydrogen) atoms. The molecule has 0 spiro atoms. The third kappa shape index (κ3) is 5.59. The van der Waals surface area contributed by atoms with E-state index in [4.69, 9.17) is 9.47 Å². The highest BCUT2D eigenvalue weighted by molar-refractivity contribution is 5.92. The fraction of sp³-hybridized carbons (Fsp3) is 0.429. The van der Waals surface area contributed by atoms with Gasteiger partial charge in [-0.1, -0.05) is 39.7 Å². The second-order valence-corrected chi connectivity index (χ2v) is 10.7. The van der Waals surface area contributed by atoms with Gasteiger partial charge in [0.15, 0.2) is 0 Å². The molecule has 0 aromatic heterocycles. The Kier molecular flexibility index (Phi) is 6.24. The number of carbonyl (C=O) groups is 2. The van der Waals surface area contributed by atoms with Crippen molar-refractivity contribution in [1.82, 2.24) is 0 Å². The Morgan fingerprint density at radius 2 is 1.47 bits per heavy atom. The molecule has 0 fully saturated rings. The average Bonchev–Trinajstić information content (AvgIpc) is 2.69. The molecule has 0 amide bonds. The van der Waals surface area contributed by atoms with Crippen molar-refractivity contribution in [2.75, 3.05) is 0 Å². The van der Waals surface area contributed by atoms with Crippen LogP contribution in [0, 0.1) is 11.8 Å². The van der Waals surface area contributed by atoms with Crippen molar-refractivity contribution in [1.29, 1.82) is 0 Å². The van der Waals surface area contributed by atoms with Crippen LogP contribution in [-0.4, -0.2) is 17.5 Å². The van der Waals surface area contributed by atoms with Crippen molar-refractivity contribution < 1.29 is 19.1 Å². The molecule has 0 aliphatic heterocycles. The van der Waals surface area contributed by atoms with Crippen molar-refractivity contribution >= 4 is 11.9 Å². The predicted octanol–water partition coefficient (Wildman–Crippen LogP) is 5.95. The molecular weight excluding hydrogens is 400 g/mol. The normalized spacial score (nSPS) is 16.2. The summed E-state index contributed by atoms with van der Waals surface area (Å²) >= 11 is 0. The van der Waals surface area contributed by atoms with Crippen LogP contribution in [-0.2, 0) is 20.4 Å². The van der Waals surface area contributed by atoms with E-state index in [1.54, 1.807) is 24.3 Å². The molecule has 0 N–H and O–H groups in total. The van der Waals surface area contributed by atoms with Gasteiger partial charge in [-0.25, -0.2) is 9.59 Å². The van der Waals surface area contributed by atoms with E-state index in [0.717, 1.165) is 18.4 Å². The summed E-state index contributed by atoms with van der Waals surface area (Å²) in [6.07, 6.45) is 2.27. The smallest absolute Gasteiger partial charge is 0.390 e. The number of esters is 2. The standard InChI is InChI=1S/C28H32O4/c1-26(2,3)32-25(30)20-10-12-21(13-11-20)31-24(29)15-9-19-8-14-22-23(18-19)28(6,7)17-16-27(22,4)5/h8,10-14,18H,16-17H2,1-7H3. The topological polar surface area (TPSA) is 52.6 Å². The molecule has 3 rings (SSSR count). The fourth-order valence-corrected chi connectivity index (χ4v) is 3.92. The zero-order valence-electron chi connectivity index (χ0n) is 20.1.